The van der Waals surface area contributed by atoms with E-state index in [1.807, 2.05) is 55.1 Å². The lowest BCUT2D eigenvalue weighted by atomic mass is 10.1. The van der Waals surface area contributed by atoms with Gasteiger partial charge >= 0.3 is 0 Å². The normalized spacial score (nSPS) is 12.7. The zero-order valence-electron chi connectivity index (χ0n) is 11.0. The minimum Gasteiger partial charge on any atom is -0.318 e. The molecule has 5 nitrogen and oxygen atoms in total. The number of nitrogens with zero attached hydrogens (tertiary/aromatic N) is 4. The molecule has 0 spiro atoms. The third-order valence-electron chi connectivity index (χ3n) is 3.17. The zero-order chi connectivity index (χ0) is 13.1. The Morgan fingerprint density at radius 3 is 2.67 bits per heavy atom. The third kappa shape index (κ3) is 1.27. The van der Waals surface area contributed by atoms with Gasteiger partial charge in [-0.1, -0.05) is 0 Å². The molecule has 0 amide bonds. The molecule has 94 valence electrons. The molecule has 0 unspecified atom stereocenters. The molecule has 3 aromatic heterocycles. The summed E-state index contributed by atoms with van der Waals surface area (Å²) in [7, 11) is 1.94. The maximum atomic E-state index is 12.6. The van der Waals surface area contributed by atoms with Crippen LogP contribution in [-0.2, 0) is 12.6 Å². The molecule has 0 atom stereocenters. The van der Waals surface area contributed by atoms with Crippen LogP contribution in [0.4, 0.5) is 0 Å². The molecule has 0 aliphatic carbocycles. The van der Waals surface area contributed by atoms with Gasteiger partial charge in [-0.15, -0.1) is 0 Å². The minimum atomic E-state index is -0.296. The summed E-state index contributed by atoms with van der Waals surface area (Å²) in [5, 5.41) is 0. The van der Waals surface area contributed by atoms with Gasteiger partial charge in [-0.05, 0) is 32.9 Å². The molecular formula is C13H16N4O. The van der Waals surface area contributed by atoms with Crippen molar-refractivity contribution in [1.29, 1.82) is 0 Å². The van der Waals surface area contributed by atoms with Gasteiger partial charge in [0, 0.05) is 18.8 Å². The average Bonchev–Trinajstić information content (AvgIpc) is 2.83. The van der Waals surface area contributed by atoms with Crippen molar-refractivity contribution in [2.75, 3.05) is 0 Å². The van der Waals surface area contributed by atoms with Gasteiger partial charge in [-0.3, -0.25) is 13.8 Å². The fraction of sp³-hybridized carbons (Fsp3) is 0.385. The van der Waals surface area contributed by atoms with Crippen LogP contribution in [0.5, 0.6) is 0 Å². The number of aryl methyl sites for hydroxylation is 1. The zero-order valence-corrected chi connectivity index (χ0v) is 11.0. The van der Waals surface area contributed by atoms with Gasteiger partial charge in [0.15, 0.2) is 11.3 Å². The molecule has 0 aliphatic rings. The van der Waals surface area contributed by atoms with E-state index >= 15 is 0 Å². The van der Waals surface area contributed by atoms with Crippen LogP contribution in [0.2, 0.25) is 0 Å². The lowest BCUT2D eigenvalue weighted by Gasteiger charge is -2.23. The molecule has 0 radical (unpaired) electrons. The van der Waals surface area contributed by atoms with Crippen LogP contribution in [0, 0.1) is 0 Å². The number of hydrogen-bond acceptors (Lipinski definition) is 2. The Hall–Kier alpha value is -2.04. The van der Waals surface area contributed by atoms with Crippen molar-refractivity contribution >= 4 is 16.8 Å². The van der Waals surface area contributed by atoms with Crippen molar-refractivity contribution in [2.24, 2.45) is 7.05 Å². The Labute approximate surface area is 104 Å². The summed E-state index contributed by atoms with van der Waals surface area (Å²) in [5.74, 6) is 0. The maximum Gasteiger partial charge on any atom is 0.277 e. The Bertz CT molecular complexity index is 798. The molecule has 0 N–H and O–H groups in total. The Morgan fingerprint density at radius 2 is 2.00 bits per heavy atom. The number of imidazole rings is 1. The van der Waals surface area contributed by atoms with Crippen molar-refractivity contribution in [2.45, 2.75) is 26.3 Å². The summed E-state index contributed by atoms with van der Waals surface area (Å²) in [4.78, 5) is 16.9. The first-order valence-electron chi connectivity index (χ1n) is 5.95. The standard InChI is InChI=1S/C13H16N4O/c1-13(2,3)17-10-11(15(4)8-14-10)16-7-5-6-9(16)12(17)18/h5-8H,1-4H3. The summed E-state index contributed by atoms with van der Waals surface area (Å²) >= 11 is 0. The van der Waals surface area contributed by atoms with Gasteiger partial charge < -0.3 is 4.57 Å². The number of aromatic nitrogens is 4. The van der Waals surface area contributed by atoms with E-state index in [2.05, 4.69) is 4.98 Å². The summed E-state index contributed by atoms with van der Waals surface area (Å²) in [6.45, 7) is 6.05. The van der Waals surface area contributed by atoms with Crippen molar-refractivity contribution in [1.82, 2.24) is 18.5 Å². The Balaban J connectivity index is 2.68. The fourth-order valence-electron chi connectivity index (χ4n) is 2.42. The first kappa shape index (κ1) is 11.1. The first-order valence-corrected chi connectivity index (χ1v) is 5.95. The number of hydrogen-bond donors (Lipinski definition) is 0. The van der Waals surface area contributed by atoms with E-state index in [0.717, 1.165) is 11.3 Å². The second-order valence-corrected chi connectivity index (χ2v) is 5.58. The lowest BCUT2D eigenvalue weighted by Crippen LogP contribution is -2.35. The van der Waals surface area contributed by atoms with Crippen LogP contribution in [0.25, 0.3) is 16.8 Å². The predicted octanol–water partition coefficient (Wildman–Crippen LogP) is 1.74. The van der Waals surface area contributed by atoms with Crippen LogP contribution in [0.3, 0.4) is 0 Å². The van der Waals surface area contributed by atoms with E-state index < -0.39 is 0 Å². The fourth-order valence-corrected chi connectivity index (χ4v) is 2.42. The molecule has 0 aromatic carbocycles. The molecule has 0 fully saturated rings. The predicted molar refractivity (Wildman–Crippen MR) is 70.9 cm³/mol. The molecule has 0 saturated heterocycles. The first-order chi connectivity index (χ1) is 8.41. The van der Waals surface area contributed by atoms with E-state index in [-0.39, 0.29) is 11.1 Å². The summed E-state index contributed by atoms with van der Waals surface area (Å²) in [6, 6.07) is 3.73. The quantitative estimate of drug-likeness (QED) is 0.604. The minimum absolute atomic E-state index is 0.00120. The molecule has 3 rings (SSSR count). The maximum absolute atomic E-state index is 12.6. The average molecular weight is 244 g/mol. The molecule has 5 heteroatoms. The molecule has 0 bridgehead atoms. The van der Waals surface area contributed by atoms with Crippen LogP contribution in [-0.4, -0.2) is 18.5 Å². The molecule has 0 aliphatic heterocycles. The van der Waals surface area contributed by atoms with Crippen molar-refractivity contribution in [3.05, 3.63) is 35.0 Å². The molecule has 0 saturated carbocycles. The van der Waals surface area contributed by atoms with E-state index in [1.54, 1.807) is 10.9 Å². The summed E-state index contributed by atoms with van der Waals surface area (Å²) in [6.07, 6.45) is 3.64. The number of fused-ring (bicyclic) bond motifs is 3. The molecule has 3 aromatic rings. The number of rotatable bonds is 0. The van der Waals surface area contributed by atoms with Gasteiger partial charge in [0.05, 0.1) is 6.33 Å². The highest BCUT2D eigenvalue weighted by Gasteiger charge is 2.22. The van der Waals surface area contributed by atoms with Gasteiger partial charge in [-0.25, -0.2) is 4.98 Å². The summed E-state index contributed by atoms with van der Waals surface area (Å²) < 4.78 is 5.59. The third-order valence-corrected chi connectivity index (χ3v) is 3.17. The van der Waals surface area contributed by atoms with Crippen molar-refractivity contribution in [3.63, 3.8) is 0 Å². The smallest absolute Gasteiger partial charge is 0.277 e. The van der Waals surface area contributed by atoms with Gasteiger partial charge in [0.1, 0.15) is 5.52 Å². The van der Waals surface area contributed by atoms with Crippen molar-refractivity contribution in [3.8, 4) is 0 Å². The van der Waals surface area contributed by atoms with Gasteiger partial charge in [-0.2, -0.15) is 0 Å². The molecule has 18 heavy (non-hydrogen) atoms. The monoisotopic (exact) mass is 244 g/mol. The van der Waals surface area contributed by atoms with E-state index in [9.17, 15) is 4.79 Å². The van der Waals surface area contributed by atoms with Crippen molar-refractivity contribution < 1.29 is 0 Å². The Kier molecular flexibility index (Phi) is 2.00. The highest BCUT2D eigenvalue weighted by Crippen LogP contribution is 2.20. The van der Waals surface area contributed by atoms with E-state index in [1.165, 1.54) is 0 Å². The van der Waals surface area contributed by atoms with Crippen LogP contribution >= 0.6 is 0 Å². The highest BCUT2D eigenvalue weighted by molar-refractivity contribution is 5.72. The Morgan fingerprint density at radius 1 is 1.28 bits per heavy atom. The topological polar surface area (TPSA) is 44.2 Å². The van der Waals surface area contributed by atoms with Gasteiger partial charge in [0.25, 0.3) is 5.56 Å². The second kappa shape index (κ2) is 3.25. The van der Waals surface area contributed by atoms with Crippen LogP contribution in [0.15, 0.2) is 29.5 Å². The highest BCUT2D eigenvalue weighted by atomic mass is 16.1. The summed E-state index contributed by atoms with van der Waals surface area (Å²) in [5.41, 5.74) is 2.04. The largest absolute Gasteiger partial charge is 0.318 e. The van der Waals surface area contributed by atoms with E-state index in [0.29, 0.717) is 5.52 Å². The SMILES string of the molecule is Cn1cnc2c1n1cccc1c(=O)n2C(C)(C)C. The van der Waals surface area contributed by atoms with E-state index in [4.69, 9.17) is 0 Å². The molecule has 3 heterocycles. The van der Waals surface area contributed by atoms with Crippen LogP contribution < -0.4 is 5.56 Å². The molecular weight excluding hydrogens is 228 g/mol. The lowest BCUT2D eigenvalue weighted by molar-refractivity contribution is 0.396. The van der Waals surface area contributed by atoms with Crippen LogP contribution in [0.1, 0.15) is 20.8 Å². The second-order valence-electron chi connectivity index (χ2n) is 5.58. The van der Waals surface area contributed by atoms with Gasteiger partial charge in [0.2, 0.25) is 0 Å².